The standard InChI is InChI=1S/C17H24N4O/c1-15-19-18-14-21(15)10-9-20(13-17-8-5-11-22-17)12-16-6-3-2-4-7-16/h2-4,6-7,14,17H,5,8-13H2,1H3. The van der Waals surface area contributed by atoms with Crippen LogP contribution >= 0.6 is 0 Å². The van der Waals surface area contributed by atoms with Gasteiger partial charge < -0.3 is 9.30 Å². The molecule has 118 valence electrons. The Morgan fingerprint density at radius 2 is 2.18 bits per heavy atom. The molecule has 0 radical (unpaired) electrons. The van der Waals surface area contributed by atoms with Crippen molar-refractivity contribution >= 4 is 0 Å². The number of hydrogen-bond acceptors (Lipinski definition) is 4. The van der Waals surface area contributed by atoms with Crippen LogP contribution < -0.4 is 0 Å². The fourth-order valence-electron chi connectivity index (χ4n) is 2.93. The minimum Gasteiger partial charge on any atom is -0.377 e. The normalized spacial score (nSPS) is 18.2. The lowest BCUT2D eigenvalue weighted by Gasteiger charge is -2.25. The first-order valence-corrected chi connectivity index (χ1v) is 8.03. The van der Waals surface area contributed by atoms with E-state index in [4.69, 9.17) is 4.74 Å². The van der Waals surface area contributed by atoms with E-state index in [9.17, 15) is 0 Å². The summed E-state index contributed by atoms with van der Waals surface area (Å²) in [5, 5.41) is 8.01. The molecule has 1 saturated heterocycles. The largest absolute Gasteiger partial charge is 0.377 e. The van der Waals surface area contributed by atoms with E-state index in [2.05, 4.69) is 50.0 Å². The molecule has 0 amide bonds. The number of aromatic nitrogens is 3. The molecule has 1 fully saturated rings. The molecule has 1 unspecified atom stereocenters. The molecule has 1 aliphatic heterocycles. The van der Waals surface area contributed by atoms with Crippen molar-refractivity contribution in [3.05, 3.63) is 48.0 Å². The molecule has 1 atom stereocenters. The monoisotopic (exact) mass is 300 g/mol. The average Bonchev–Trinajstić information content (AvgIpc) is 3.18. The van der Waals surface area contributed by atoms with Gasteiger partial charge in [-0.05, 0) is 25.3 Å². The summed E-state index contributed by atoms with van der Waals surface area (Å²) in [6.07, 6.45) is 4.55. The highest BCUT2D eigenvalue weighted by Crippen LogP contribution is 2.15. The van der Waals surface area contributed by atoms with Gasteiger partial charge in [0.25, 0.3) is 0 Å². The summed E-state index contributed by atoms with van der Waals surface area (Å²) < 4.78 is 7.91. The molecule has 1 aromatic carbocycles. The maximum atomic E-state index is 5.81. The third kappa shape index (κ3) is 4.15. The second-order valence-corrected chi connectivity index (χ2v) is 5.93. The summed E-state index contributed by atoms with van der Waals surface area (Å²) in [5.74, 6) is 0.969. The zero-order valence-corrected chi connectivity index (χ0v) is 13.2. The molecule has 22 heavy (non-hydrogen) atoms. The van der Waals surface area contributed by atoms with Crippen molar-refractivity contribution in [3.63, 3.8) is 0 Å². The number of hydrogen-bond donors (Lipinski definition) is 0. The molecular formula is C17H24N4O. The molecule has 1 aliphatic rings. The van der Waals surface area contributed by atoms with E-state index in [0.29, 0.717) is 6.10 Å². The van der Waals surface area contributed by atoms with Crippen LogP contribution in [0.4, 0.5) is 0 Å². The minimum absolute atomic E-state index is 0.380. The predicted molar refractivity (Wildman–Crippen MR) is 85.5 cm³/mol. The summed E-state index contributed by atoms with van der Waals surface area (Å²) in [5.41, 5.74) is 1.35. The topological polar surface area (TPSA) is 43.2 Å². The number of benzene rings is 1. The van der Waals surface area contributed by atoms with Gasteiger partial charge in [0.2, 0.25) is 0 Å². The maximum Gasteiger partial charge on any atom is 0.129 e. The molecule has 5 nitrogen and oxygen atoms in total. The summed E-state index contributed by atoms with van der Waals surface area (Å²) in [7, 11) is 0. The van der Waals surface area contributed by atoms with Gasteiger partial charge in [0.15, 0.2) is 0 Å². The highest BCUT2D eigenvalue weighted by molar-refractivity contribution is 5.14. The Hall–Kier alpha value is -1.72. The Kier molecular flexibility index (Phi) is 5.19. The van der Waals surface area contributed by atoms with E-state index in [1.165, 1.54) is 18.4 Å². The molecule has 0 saturated carbocycles. The van der Waals surface area contributed by atoms with Crippen molar-refractivity contribution in [1.82, 2.24) is 19.7 Å². The van der Waals surface area contributed by atoms with Gasteiger partial charge in [-0.25, -0.2) is 0 Å². The fraction of sp³-hybridized carbons (Fsp3) is 0.529. The molecule has 3 rings (SSSR count). The fourth-order valence-corrected chi connectivity index (χ4v) is 2.93. The maximum absolute atomic E-state index is 5.81. The van der Waals surface area contributed by atoms with Crippen LogP contribution in [0.2, 0.25) is 0 Å². The highest BCUT2D eigenvalue weighted by atomic mass is 16.5. The Morgan fingerprint density at radius 1 is 1.32 bits per heavy atom. The number of rotatable bonds is 7. The van der Waals surface area contributed by atoms with Gasteiger partial charge in [-0.15, -0.1) is 10.2 Å². The third-order valence-corrected chi connectivity index (χ3v) is 4.20. The van der Waals surface area contributed by atoms with Crippen LogP contribution in [0.5, 0.6) is 0 Å². The van der Waals surface area contributed by atoms with E-state index in [1.54, 1.807) is 0 Å². The summed E-state index contributed by atoms with van der Waals surface area (Å²) in [6.45, 7) is 6.76. The van der Waals surface area contributed by atoms with Crippen molar-refractivity contribution < 1.29 is 4.74 Å². The van der Waals surface area contributed by atoms with Gasteiger partial charge in [0.05, 0.1) is 6.10 Å². The Morgan fingerprint density at radius 3 is 2.86 bits per heavy atom. The van der Waals surface area contributed by atoms with E-state index in [0.717, 1.165) is 38.6 Å². The number of ether oxygens (including phenoxy) is 1. The first-order chi connectivity index (χ1) is 10.8. The van der Waals surface area contributed by atoms with Gasteiger partial charge >= 0.3 is 0 Å². The van der Waals surface area contributed by atoms with Crippen LogP contribution in [0.3, 0.4) is 0 Å². The second kappa shape index (κ2) is 7.51. The lowest BCUT2D eigenvalue weighted by atomic mass is 10.2. The molecule has 0 aliphatic carbocycles. The summed E-state index contributed by atoms with van der Waals surface area (Å²) in [4.78, 5) is 2.48. The van der Waals surface area contributed by atoms with E-state index < -0.39 is 0 Å². The first-order valence-electron chi connectivity index (χ1n) is 8.03. The highest BCUT2D eigenvalue weighted by Gasteiger charge is 2.19. The minimum atomic E-state index is 0.380. The quantitative estimate of drug-likeness (QED) is 0.787. The molecule has 2 heterocycles. The van der Waals surface area contributed by atoms with Crippen molar-refractivity contribution in [1.29, 1.82) is 0 Å². The van der Waals surface area contributed by atoms with Gasteiger partial charge in [-0.2, -0.15) is 0 Å². The average molecular weight is 300 g/mol. The summed E-state index contributed by atoms with van der Waals surface area (Å²) >= 11 is 0. The molecule has 0 bridgehead atoms. The van der Waals surface area contributed by atoms with E-state index in [1.807, 2.05) is 13.3 Å². The molecule has 0 N–H and O–H groups in total. The van der Waals surface area contributed by atoms with Gasteiger partial charge in [-0.3, -0.25) is 4.90 Å². The van der Waals surface area contributed by atoms with Crippen LogP contribution in [0.1, 0.15) is 24.2 Å². The molecule has 1 aromatic heterocycles. The lowest BCUT2D eigenvalue weighted by molar-refractivity contribution is 0.0692. The Labute approximate surface area is 131 Å². The number of aryl methyl sites for hydroxylation is 1. The first kappa shape index (κ1) is 15.2. The van der Waals surface area contributed by atoms with E-state index >= 15 is 0 Å². The van der Waals surface area contributed by atoms with Gasteiger partial charge in [0, 0.05) is 32.8 Å². The van der Waals surface area contributed by atoms with Crippen LogP contribution in [-0.4, -0.2) is 45.5 Å². The van der Waals surface area contributed by atoms with Crippen molar-refractivity contribution in [3.8, 4) is 0 Å². The van der Waals surface area contributed by atoms with Crippen molar-refractivity contribution in [2.45, 2.75) is 39.0 Å². The SMILES string of the molecule is Cc1nncn1CCN(Cc1ccccc1)CC1CCCO1. The zero-order valence-electron chi connectivity index (χ0n) is 13.2. The van der Waals surface area contributed by atoms with Crippen molar-refractivity contribution in [2.24, 2.45) is 0 Å². The summed E-state index contributed by atoms with van der Waals surface area (Å²) in [6, 6.07) is 10.6. The Balaban J connectivity index is 1.61. The molecule has 2 aromatic rings. The molecule has 5 heteroatoms. The lowest BCUT2D eigenvalue weighted by Crippen LogP contribution is -2.34. The number of nitrogens with zero attached hydrogens (tertiary/aromatic N) is 4. The third-order valence-electron chi connectivity index (χ3n) is 4.20. The van der Waals surface area contributed by atoms with Crippen molar-refractivity contribution in [2.75, 3.05) is 19.7 Å². The molecule has 0 spiro atoms. The van der Waals surface area contributed by atoms with Gasteiger partial charge in [-0.1, -0.05) is 30.3 Å². The zero-order chi connectivity index (χ0) is 15.2. The second-order valence-electron chi connectivity index (χ2n) is 5.93. The van der Waals surface area contributed by atoms with Crippen LogP contribution in [0.15, 0.2) is 36.7 Å². The predicted octanol–water partition coefficient (Wildman–Crippen LogP) is 2.27. The Bertz CT molecular complexity index is 563. The smallest absolute Gasteiger partial charge is 0.129 e. The molecular weight excluding hydrogens is 276 g/mol. The van der Waals surface area contributed by atoms with Crippen LogP contribution in [-0.2, 0) is 17.8 Å². The van der Waals surface area contributed by atoms with E-state index in [-0.39, 0.29) is 0 Å². The van der Waals surface area contributed by atoms with Gasteiger partial charge in [0.1, 0.15) is 12.2 Å². The van der Waals surface area contributed by atoms with Crippen LogP contribution in [0, 0.1) is 6.92 Å². The van der Waals surface area contributed by atoms with Crippen LogP contribution in [0.25, 0.3) is 0 Å².